The van der Waals surface area contributed by atoms with Gasteiger partial charge in [0, 0.05) is 27.2 Å². The molecule has 0 bridgehead atoms. The highest BCUT2D eigenvalue weighted by Gasteiger charge is 2.22. The van der Waals surface area contributed by atoms with Gasteiger partial charge in [-0.2, -0.15) is 0 Å². The molecule has 0 saturated heterocycles. The van der Waals surface area contributed by atoms with Crippen molar-refractivity contribution in [2.45, 2.75) is 44.9 Å². The second-order valence-electron chi connectivity index (χ2n) is 5.55. The molecule has 0 spiro atoms. The number of halogens is 1. The van der Waals surface area contributed by atoms with Crippen LogP contribution >= 0.6 is 11.6 Å². The molecule has 0 amide bonds. The molecule has 0 radical (unpaired) electrons. The lowest BCUT2D eigenvalue weighted by Gasteiger charge is -2.21. The van der Waals surface area contributed by atoms with Gasteiger partial charge in [0.1, 0.15) is 0 Å². The Bertz CT molecular complexity index is 623. The van der Waals surface area contributed by atoms with Crippen molar-refractivity contribution in [3.05, 3.63) is 34.0 Å². The zero-order valence-electron chi connectivity index (χ0n) is 11.1. The first-order valence-electron chi connectivity index (χ1n) is 6.97. The molecule has 1 saturated carbocycles. The third-order valence-electron chi connectivity index (χ3n) is 4.27. The van der Waals surface area contributed by atoms with E-state index in [0.717, 1.165) is 34.0 Å². The minimum atomic E-state index is 0.500. The third kappa shape index (κ3) is 2.18. The lowest BCUT2D eigenvalue weighted by atomic mass is 9.85. The molecule has 100 valence electrons. The highest BCUT2D eigenvalue weighted by molar-refractivity contribution is 6.31. The zero-order chi connectivity index (χ0) is 13.4. The summed E-state index contributed by atoms with van der Waals surface area (Å²) >= 11 is 6.12. The van der Waals surface area contributed by atoms with E-state index < -0.39 is 0 Å². The molecule has 1 aromatic heterocycles. The quantitative estimate of drug-likeness (QED) is 0.770. The Balaban J connectivity index is 2.18. The normalized spacial score (nSPS) is 16.9. The van der Waals surface area contributed by atoms with Crippen LogP contribution in [0.4, 0.5) is 0 Å². The maximum atomic E-state index is 11.5. The number of hydrogen-bond donors (Lipinski definition) is 1. The van der Waals surface area contributed by atoms with Crippen molar-refractivity contribution >= 4 is 28.8 Å². The maximum absolute atomic E-state index is 11.5. The zero-order valence-corrected chi connectivity index (χ0v) is 11.9. The molecule has 1 N–H and O–H groups in total. The number of aromatic amines is 1. The summed E-state index contributed by atoms with van der Waals surface area (Å²) < 4.78 is 0. The molecular weight excluding hydrogens is 258 g/mol. The smallest absolute Gasteiger partial charge is 0.152 e. The minimum Gasteiger partial charge on any atom is -0.357 e. The Morgan fingerprint density at radius 3 is 2.68 bits per heavy atom. The molecule has 1 aliphatic carbocycles. The van der Waals surface area contributed by atoms with E-state index in [1.807, 2.05) is 19.1 Å². The molecule has 1 fully saturated rings. The largest absolute Gasteiger partial charge is 0.357 e. The van der Waals surface area contributed by atoms with E-state index >= 15 is 0 Å². The van der Waals surface area contributed by atoms with Gasteiger partial charge >= 0.3 is 0 Å². The number of fused-ring (bicyclic) bond motifs is 1. The lowest BCUT2D eigenvalue weighted by Crippen LogP contribution is -2.06. The second kappa shape index (κ2) is 5.01. The number of carbonyl (C=O) groups excluding carboxylic acids is 1. The van der Waals surface area contributed by atoms with Crippen LogP contribution in [0.3, 0.4) is 0 Å². The number of carbonyl (C=O) groups is 1. The molecule has 1 aromatic carbocycles. The van der Waals surface area contributed by atoms with Gasteiger partial charge in [0.2, 0.25) is 0 Å². The van der Waals surface area contributed by atoms with Crippen LogP contribution < -0.4 is 0 Å². The molecule has 1 heterocycles. The average Bonchev–Trinajstić information content (AvgIpc) is 2.78. The molecule has 0 unspecified atom stereocenters. The topological polar surface area (TPSA) is 32.9 Å². The summed E-state index contributed by atoms with van der Waals surface area (Å²) in [6.07, 6.45) is 7.19. The highest BCUT2D eigenvalue weighted by Crippen LogP contribution is 2.37. The third-order valence-corrected chi connectivity index (χ3v) is 4.49. The minimum absolute atomic E-state index is 0.500. The van der Waals surface area contributed by atoms with Crippen molar-refractivity contribution in [1.29, 1.82) is 0 Å². The fourth-order valence-electron chi connectivity index (χ4n) is 3.31. The van der Waals surface area contributed by atoms with E-state index in [0.29, 0.717) is 10.9 Å². The number of aldehydes is 1. The number of aromatic nitrogens is 1. The van der Waals surface area contributed by atoms with E-state index in [1.165, 1.54) is 32.1 Å². The van der Waals surface area contributed by atoms with Crippen LogP contribution in [0.25, 0.3) is 10.9 Å². The number of benzene rings is 1. The van der Waals surface area contributed by atoms with Crippen molar-refractivity contribution < 1.29 is 4.79 Å². The summed E-state index contributed by atoms with van der Waals surface area (Å²) in [6, 6.07) is 3.84. The van der Waals surface area contributed by atoms with E-state index in [4.69, 9.17) is 11.6 Å². The van der Waals surface area contributed by atoms with Gasteiger partial charge in [-0.1, -0.05) is 30.9 Å². The summed E-state index contributed by atoms with van der Waals surface area (Å²) in [4.78, 5) is 15.0. The monoisotopic (exact) mass is 275 g/mol. The Morgan fingerprint density at radius 1 is 1.26 bits per heavy atom. The number of nitrogens with one attached hydrogen (secondary N) is 1. The van der Waals surface area contributed by atoms with Crippen LogP contribution in [0.2, 0.25) is 5.02 Å². The molecule has 2 nitrogen and oxygen atoms in total. The van der Waals surface area contributed by atoms with Crippen molar-refractivity contribution in [2.24, 2.45) is 0 Å². The van der Waals surface area contributed by atoms with Gasteiger partial charge in [-0.25, -0.2) is 0 Å². The molecule has 0 atom stereocenters. The number of rotatable bonds is 2. The Hall–Kier alpha value is -1.28. The predicted octanol–water partition coefficient (Wildman–Crippen LogP) is 4.99. The summed E-state index contributed by atoms with van der Waals surface area (Å²) in [5.74, 6) is 0.500. The SMILES string of the molecule is Cc1cc(Cl)cc2c(C=O)c(C3CCCCC3)[nH]c12. The standard InChI is InChI=1S/C16H18ClNO/c1-10-7-12(17)8-13-14(9-19)16(18-15(10)13)11-5-3-2-4-6-11/h7-9,11,18H,2-6H2,1H3. The summed E-state index contributed by atoms with van der Waals surface area (Å²) in [6.45, 7) is 2.03. The van der Waals surface area contributed by atoms with E-state index in [1.54, 1.807) is 0 Å². The maximum Gasteiger partial charge on any atom is 0.152 e. The lowest BCUT2D eigenvalue weighted by molar-refractivity contribution is 0.112. The number of H-pyrrole nitrogens is 1. The molecule has 1 aliphatic rings. The fourth-order valence-corrected chi connectivity index (χ4v) is 3.58. The molecule has 19 heavy (non-hydrogen) atoms. The van der Waals surface area contributed by atoms with Gasteiger partial charge in [0.15, 0.2) is 6.29 Å². The van der Waals surface area contributed by atoms with Crippen molar-refractivity contribution in [2.75, 3.05) is 0 Å². The van der Waals surface area contributed by atoms with Gasteiger partial charge in [-0.05, 0) is 43.4 Å². The van der Waals surface area contributed by atoms with Crippen LogP contribution in [-0.2, 0) is 0 Å². The Kier molecular flexibility index (Phi) is 3.36. The molecular formula is C16H18ClNO. The predicted molar refractivity (Wildman–Crippen MR) is 79.3 cm³/mol. The molecule has 0 aliphatic heterocycles. The van der Waals surface area contributed by atoms with E-state index in [9.17, 15) is 4.79 Å². The first kappa shape index (κ1) is 12.7. The van der Waals surface area contributed by atoms with Gasteiger partial charge in [0.05, 0.1) is 0 Å². The molecule has 2 aromatic rings. The van der Waals surface area contributed by atoms with Crippen LogP contribution in [0.5, 0.6) is 0 Å². The summed E-state index contributed by atoms with van der Waals surface area (Å²) in [7, 11) is 0. The first-order valence-corrected chi connectivity index (χ1v) is 7.35. The van der Waals surface area contributed by atoms with Crippen molar-refractivity contribution in [3.8, 4) is 0 Å². The van der Waals surface area contributed by atoms with Crippen LogP contribution in [0.1, 0.15) is 59.6 Å². The van der Waals surface area contributed by atoms with Gasteiger partial charge < -0.3 is 4.98 Å². The average molecular weight is 276 g/mol. The van der Waals surface area contributed by atoms with Gasteiger partial charge in [-0.15, -0.1) is 0 Å². The van der Waals surface area contributed by atoms with Crippen molar-refractivity contribution in [3.63, 3.8) is 0 Å². The van der Waals surface area contributed by atoms with Crippen LogP contribution in [-0.4, -0.2) is 11.3 Å². The fraction of sp³-hybridized carbons (Fsp3) is 0.438. The van der Waals surface area contributed by atoms with Gasteiger partial charge in [-0.3, -0.25) is 4.79 Å². The number of aryl methyl sites for hydroxylation is 1. The van der Waals surface area contributed by atoms with Crippen LogP contribution in [0, 0.1) is 6.92 Å². The number of hydrogen-bond acceptors (Lipinski definition) is 1. The van der Waals surface area contributed by atoms with Crippen molar-refractivity contribution in [1.82, 2.24) is 4.98 Å². The van der Waals surface area contributed by atoms with Crippen LogP contribution in [0.15, 0.2) is 12.1 Å². The molecule has 3 rings (SSSR count). The van der Waals surface area contributed by atoms with Gasteiger partial charge in [0.25, 0.3) is 0 Å². The summed E-state index contributed by atoms with van der Waals surface area (Å²) in [5, 5.41) is 1.67. The second-order valence-corrected chi connectivity index (χ2v) is 5.99. The molecule has 3 heteroatoms. The highest BCUT2D eigenvalue weighted by atomic mass is 35.5. The summed E-state index contributed by atoms with van der Waals surface area (Å²) in [5.41, 5.74) is 4.10. The Morgan fingerprint density at radius 2 is 2.00 bits per heavy atom. The van der Waals surface area contributed by atoms with E-state index in [2.05, 4.69) is 4.98 Å². The Labute approximate surface area is 118 Å². The first-order chi connectivity index (χ1) is 9.20. The van der Waals surface area contributed by atoms with E-state index in [-0.39, 0.29) is 0 Å².